The third-order valence-corrected chi connectivity index (χ3v) is 8.46. The molecule has 0 bridgehead atoms. The van der Waals surface area contributed by atoms with Crippen LogP contribution >= 0.6 is 22.6 Å². The van der Waals surface area contributed by atoms with E-state index in [-0.39, 0.29) is 28.2 Å². The number of H-pyrrole nitrogens is 1. The van der Waals surface area contributed by atoms with Gasteiger partial charge in [0.15, 0.2) is 5.65 Å². The van der Waals surface area contributed by atoms with Crippen LogP contribution in [0.1, 0.15) is 36.7 Å². The van der Waals surface area contributed by atoms with Crippen LogP contribution in [0.5, 0.6) is 0 Å². The highest BCUT2D eigenvalue weighted by Gasteiger charge is 2.19. The van der Waals surface area contributed by atoms with Crippen LogP contribution < -0.4 is 16.4 Å². The molecule has 0 unspecified atom stereocenters. The first-order chi connectivity index (χ1) is 19.6. The number of benzene rings is 3. The van der Waals surface area contributed by atoms with E-state index in [9.17, 15) is 22.4 Å². The van der Waals surface area contributed by atoms with Gasteiger partial charge < -0.3 is 4.98 Å². The Kier molecular flexibility index (Phi) is 8.25. The zero-order valence-electron chi connectivity index (χ0n) is 22.1. The molecule has 0 aliphatic heterocycles. The van der Waals surface area contributed by atoms with Gasteiger partial charge in [0.1, 0.15) is 17.2 Å². The SMILES string of the molecule is CCCCn1c(=O)n(Cc2ccccc2F)c(=O)c2[nH]c(Cc3ccc(-c4cc(I)ccc4S(N)(=O)=O)cc3)nc21. The minimum absolute atomic E-state index is 0.0414. The summed E-state index contributed by atoms with van der Waals surface area (Å²) in [4.78, 5) is 34.5. The van der Waals surface area contributed by atoms with Gasteiger partial charge in [-0.3, -0.25) is 13.9 Å². The summed E-state index contributed by atoms with van der Waals surface area (Å²) in [6.07, 6.45) is 1.87. The molecule has 0 amide bonds. The van der Waals surface area contributed by atoms with Crippen molar-refractivity contribution in [2.45, 2.75) is 44.2 Å². The maximum atomic E-state index is 14.4. The summed E-state index contributed by atoms with van der Waals surface area (Å²) >= 11 is 2.11. The second-order valence-electron chi connectivity index (χ2n) is 9.71. The molecule has 0 saturated carbocycles. The number of aromatic amines is 1. The lowest BCUT2D eigenvalue weighted by molar-refractivity contribution is 0.553. The smallest absolute Gasteiger partial charge is 0.333 e. The molecule has 0 spiro atoms. The summed E-state index contributed by atoms with van der Waals surface area (Å²) in [7, 11) is -3.92. The summed E-state index contributed by atoms with van der Waals surface area (Å²) in [5, 5.41) is 5.43. The molecule has 0 saturated heterocycles. The van der Waals surface area contributed by atoms with Gasteiger partial charge in [0.25, 0.3) is 5.56 Å². The van der Waals surface area contributed by atoms with Gasteiger partial charge in [0, 0.05) is 27.7 Å². The Morgan fingerprint density at radius 2 is 1.76 bits per heavy atom. The molecule has 2 heterocycles. The fourth-order valence-corrected chi connectivity index (χ4v) is 5.96. The van der Waals surface area contributed by atoms with E-state index in [2.05, 4.69) is 32.6 Å². The standard InChI is InChI=1S/C29H27FIN5O4S/c1-2-3-14-35-27-26(28(37)36(29(35)38)17-20-6-4-5-7-23(20)30)33-25(34-27)15-18-8-10-19(11-9-18)22-16-21(31)12-13-24(22)41(32,39)40/h4-13,16H,2-3,14-15,17H2,1H3,(H,33,34)(H2,32,39,40). The van der Waals surface area contributed by atoms with E-state index >= 15 is 0 Å². The van der Waals surface area contributed by atoms with Crippen molar-refractivity contribution >= 4 is 43.8 Å². The first kappa shape index (κ1) is 28.9. The van der Waals surface area contributed by atoms with E-state index in [4.69, 9.17) is 5.14 Å². The molecule has 5 aromatic rings. The average molecular weight is 688 g/mol. The quantitative estimate of drug-likeness (QED) is 0.222. The molecular weight excluding hydrogens is 660 g/mol. The first-order valence-corrected chi connectivity index (χ1v) is 15.6. The molecular formula is C29H27FIN5O4S. The number of halogens is 2. The van der Waals surface area contributed by atoms with Crippen LogP contribution in [0.15, 0.2) is 81.2 Å². The van der Waals surface area contributed by atoms with E-state index in [1.54, 1.807) is 42.5 Å². The van der Waals surface area contributed by atoms with Gasteiger partial charge >= 0.3 is 5.69 Å². The Bertz CT molecular complexity index is 1980. The van der Waals surface area contributed by atoms with E-state index in [0.717, 1.165) is 20.1 Å². The molecule has 2 aromatic heterocycles. The molecule has 212 valence electrons. The lowest BCUT2D eigenvalue weighted by Crippen LogP contribution is -2.40. The average Bonchev–Trinajstić information content (AvgIpc) is 3.35. The van der Waals surface area contributed by atoms with Crippen LogP contribution in [-0.4, -0.2) is 27.5 Å². The Morgan fingerprint density at radius 3 is 2.44 bits per heavy atom. The van der Waals surface area contributed by atoms with Gasteiger partial charge in [-0.05, 0) is 64.4 Å². The van der Waals surface area contributed by atoms with Gasteiger partial charge in [-0.15, -0.1) is 0 Å². The van der Waals surface area contributed by atoms with Crippen molar-refractivity contribution in [1.29, 1.82) is 0 Å². The minimum Gasteiger partial charge on any atom is -0.336 e. The third-order valence-electron chi connectivity index (χ3n) is 6.82. The van der Waals surface area contributed by atoms with Gasteiger partial charge in [-0.25, -0.2) is 27.7 Å². The summed E-state index contributed by atoms with van der Waals surface area (Å²) in [5.74, 6) is -0.00762. The molecule has 3 N–H and O–H groups in total. The molecule has 12 heteroatoms. The van der Waals surface area contributed by atoms with Crippen molar-refractivity contribution in [1.82, 2.24) is 19.1 Å². The van der Waals surface area contributed by atoms with Crippen molar-refractivity contribution in [3.63, 3.8) is 0 Å². The van der Waals surface area contributed by atoms with E-state index in [1.807, 2.05) is 19.1 Å². The number of unbranched alkanes of at least 4 members (excludes halogenated alkanes) is 1. The number of hydrogen-bond donors (Lipinski definition) is 2. The molecule has 5 rings (SSSR count). The number of primary sulfonamides is 1. The zero-order valence-corrected chi connectivity index (χ0v) is 25.1. The number of imidazole rings is 1. The van der Waals surface area contributed by atoms with Crippen LogP contribution in [0.25, 0.3) is 22.3 Å². The van der Waals surface area contributed by atoms with Crippen molar-refractivity contribution in [2.24, 2.45) is 5.14 Å². The number of nitrogens with zero attached hydrogens (tertiary/aromatic N) is 3. The molecule has 0 aliphatic rings. The van der Waals surface area contributed by atoms with E-state index < -0.39 is 27.1 Å². The number of sulfonamides is 1. The van der Waals surface area contributed by atoms with Crippen molar-refractivity contribution < 1.29 is 12.8 Å². The summed E-state index contributed by atoms with van der Waals surface area (Å²) in [5.41, 5.74) is 1.63. The third kappa shape index (κ3) is 6.04. The number of aryl methyl sites for hydroxylation is 1. The highest BCUT2D eigenvalue weighted by atomic mass is 127. The van der Waals surface area contributed by atoms with Crippen LogP contribution in [0, 0.1) is 9.39 Å². The number of nitrogens with one attached hydrogen (secondary N) is 1. The normalized spacial score (nSPS) is 11.8. The van der Waals surface area contributed by atoms with Crippen molar-refractivity contribution in [2.75, 3.05) is 0 Å². The second kappa shape index (κ2) is 11.7. The Hall–Kier alpha value is -3.62. The lowest BCUT2D eigenvalue weighted by Gasteiger charge is -2.11. The molecule has 0 radical (unpaired) electrons. The first-order valence-electron chi connectivity index (χ1n) is 12.9. The topological polar surface area (TPSA) is 133 Å². The molecule has 9 nitrogen and oxygen atoms in total. The molecule has 0 atom stereocenters. The summed E-state index contributed by atoms with van der Waals surface area (Å²) < 4.78 is 42.0. The number of aromatic nitrogens is 4. The fourth-order valence-electron chi connectivity index (χ4n) is 4.72. The van der Waals surface area contributed by atoms with Crippen molar-refractivity contribution in [3.8, 4) is 11.1 Å². The molecule has 41 heavy (non-hydrogen) atoms. The van der Waals surface area contributed by atoms with Crippen LogP contribution in [0.2, 0.25) is 0 Å². The number of rotatable bonds is 9. The summed E-state index contributed by atoms with van der Waals surface area (Å²) in [6, 6.07) is 18.3. The summed E-state index contributed by atoms with van der Waals surface area (Å²) in [6.45, 7) is 2.17. The predicted molar refractivity (Wildman–Crippen MR) is 164 cm³/mol. The number of fused-ring (bicyclic) bond motifs is 1. The van der Waals surface area contributed by atoms with Crippen LogP contribution in [0.4, 0.5) is 4.39 Å². The Labute approximate surface area is 249 Å². The van der Waals surface area contributed by atoms with E-state index in [0.29, 0.717) is 36.3 Å². The zero-order chi connectivity index (χ0) is 29.3. The van der Waals surface area contributed by atoms with E-state index in [1.165, 1.54) is 16.7 Å². The largest absolute Gasteiger partial charge is 0.336 e. The Morgan fingerprint density at radius 1 is 1.02 bits per heavy atom. The number of nitrogens with two attached hydrogens (primary N) is 1. The van der Waals surface area contributed by atoms with Gasteiger partial charge in [-0.1, -0.05) is 55.8 Å². The highest BCUT2D eigenvalue weighted by molar-refractivity contribution is 14.1. The minimum atomic E-state index is -3.92. The Balaban J connectivity index is 1.52. The second-order valence-corrected chi connectivity index (χ2v) is 12.5. The van der Waals surface area contributed by atoms with Gasteiger partial charge in [-0.2, -0.15) is 0 Å². The van der Waals surface area contributed by atoms with Crippen molar-refractivity contribution in [3.05, 3.63) is 114 Å². The van der Waals surface area contributed by atoms with Crippen LogP contribution in [0.3, 0.4) is 0 Å². The number of hydrogen-bond acceptors (Lipinski definition) is 5. The highest BCUT2D eigenvalue weighted by Crippen LogP contribution is 2.29. The lowest BCUT2D eigenvalue weighted by atomic mass is 10.0. The van der Waals surface area contributed by atoms with Gasteiger partial charge in [0.05, 0.1) is 11.4 Å². The predicted octanol–water partition coefficient (Wildman–Crippen LogP) is 4.38. The molecule has 0 aliphatic carbocycles. The van der Waals surface area contributed by atoms with Gasteiger partial charge in [0.2, 0.25) is 10.0 Å². The monoisotopic (exact) mass is 687 g/mol. The molecule has 3 aromatic carbocycles. The fraction of sp³-hybridized carbons (Fsp3) is 0.207. The molecule has 0 fully saturated rings. The maximum absolute atomic E-state index is 14.4. The van der Waals surface area contributed by atoms with Crippen LogP contribution in [-0.2, 0) is 29.5 Å². The maximum Gasteiger partial charge on any atom is 0.333 e.